The van der Waals surface area contributed by atoms with Crippen molar-refractivity contribution in [2.24, 2.45) is 0 Å². The molecule has 0 unspecified atom stereocenters. The van der Waals surface area contributed by atoms with Gasteiger partial charge in [0.15, 0.2) is 5.82 Å². The SMILES string of the molecule is O=c1[nH]cnc(N2CCNCc3ccccc32)c1Cl. The Hall–Kier alpha value is -1.85. The molecule has 5 nitrogen and oxygen atoms in total. The number of benzene rings is 1. The third kappa shape index (κ3) is 2.22. The lowest BCUT2D eigenvalue weighted by Crippen LogP contribution is -2.27. The predicted octanol–water partition coefficient (Wildman–Crippen LogP) is 1.66. The summed E-state index contributed by atoms with van der Waals surface area (Å²) in [4.78, 5) is 20.3. The minimum Gasteiger partial charge on any atom is -0.323 e. The Bertz CT molecular complexity index is 655. The zero-order chi connectivity index (χ0) is 13.2. The third-order valence-electron chi connectivity index (χ3n) is 3.14. The van der Waals surface area contributed by atoms with E-state index in [4.69, 9.17) is 11.6 Å². The van der Waals surface area contributed by atoms with Gasteiger partial charge in [-0.25, -0.2) is 4.98 Å². The Kier molecular flexibility index (Phi) is 3.23. The molecule has 2 aromatic rings. The van der Waals surface area contributed by atoms with E-state index in [0.29, 0.717) is 12.4 Å². The van der Waals surface area contributed by atoms with E-state index in [0.717, 1.165) is 24.3 Å². The predicted molar refractivity (Wildman–Crippen MR) is 75.0 cm³/mol. The van der Waals surface area contributed by atoms with Gasteiger partial charge in [0.2, 0.25) is 0 Å². The molecule has 0 saturated heterocycles. The van der Waals surface area contributed by atoms with Crippen LogP contribution >= 0.6 is 11.6 Å². The number of fused-ring (bicyclic) bond motifs is 1. The van der Waals surface area contributed by atoms with Gasteiger partial charge in [-0.2, -0.15) is 0 Å². The van der Waals surface area contributed by atoms with E-state index >= 15 is 0 Å². The van der Waals surface area contributed by atoms with Crippen LogP contribution in [-0.2, 0) is 6.54 Å². The van der Waals surface area contributed by atoms with E-state index in [-0.39, 0.29) is 10.6 Å². The number of anilines is 2. The molecule has 1 aromatic heterocycles. The Morgan fingerprint density at radius 3 is 3.05 bits per heavy atom. The second-order valence-corrected chi connectivity index (χ2v) is 4.70. The van der Waals surface area contributed by atoms with Crippen LogP contribution in [0.4, 0.5) is 11.5 Å². The topological polar surface area (TPSA) is 61.0 Å². The summed E-state index contributed by atoms with van der Waals surface area (Å²) in [6.45, 7) is 2.32. The molecule has 0 aliphatic carbocycles. The first-order valence-corrected chi connectivity index (χ1v) is 6.44. The van der Waals surface area contributed by atoms with Gasteiger partial charge in [0.25, 0.3) is 5.56 Å². The van der Waals surface area contributed by atoms with Gasteiger partial charge >= 0.3 is 0 Å². The number of halogens is 1. The Morgan fingerprint density at radius 1 is 1.32 bits per heavy atom. The van der Waals surface area contributed by atoms with Gasteiger partial charge in [0, 0.05) is 25.3 Å². The molecule has 0 fully saturated rings. The first kappa shape index (κ1) is 12.2. The average Bonchev–Trinajstić information content (AvgIpc) is 2.64. The Balaban J connectivity index is 2.14. The number of hydrogen-bond acceptors (Lipinski definition) is 4. The van der Waals surface area contributed by atoms with E-state index in [9.17, 15) is 4.79 Å². The van der Waals surface area contributed by atoms with Crippen LogP contribution in [0, 0.1) is 0 Å². The molecule has 2 N–H and O–H groups in total. The number of H-pyrrole nitrogens is 1. The highest BCUT2D eigenvalue weighted by molar-refractivity contribution is 6.32. The van der Waals surface area contributed by atoms with Gasteiger partial charge in [-0.05, 0) is 11.6 Å². The summed E-state index contributed by atoms with van der Waals surface area (Å²) in [5.41, 5.74) is 1.88. The zero-order valence-electron chi connectivity index (χ0n) is 10.2. The molecule has 1 aromatic carbocycles. The molecule has 0 atom stereocenters. The van der Waals surface area contributed by atoms with Gasteiger partial charge in [0.05, 0.1) is 6.33 Å². The van der Waals surface area contributed by atoms with Crippen molar-refractivity contribution in [1.29, 1.82) is 0 Å². The van der Waals surface area contributed by atoms with Crippen LogP contribution < -0.4 is 15.8 Å². The molecule has 0 saturated carbocycles. The molecule has 3 rings (SSSR count). The Labute approximate surface area is 115 Å². The van der Waals surface area contributed by atoms with Crippen molar-refractivity contribution in [1.82, 2.24) is 15.3 Å². The minimum atomic E-state index is -0.318. The highest BCUT2D eigenvalue weighted by Gasteiger charge is 2.20. The molecule has 98 valence electrons. The molecule has 19 heavy (non-hydrogen) atoms. The quantitative estimate of drug-likeness (QED) is 0.832. The normalized spacial score (nSPS) is 14.9. The fourth-order valence-electron chi connectivity index (χ4n) is 2.24. The number of hydrogen-bond donors (Lipinski definition) is 2. The summed E-state index contributed by atoms with van der Waals surface area (Å²) in [6.07, 6.45) is 1.38. The monoisotopic (exact) mass is 276 g/mol. The van der Waals surface area contributed by atoms with Gasteiger partial charge in [-0.3, -0.25) is 4.79 Å². The average molecular weight is 277 g/mol. The van der Waals surface area contributed by atoms with E-state index < -0.39 is 0 Å². The molecule has 0 spiro atoms. The van der Waals surface area contributed by atoms with Gasteiger partial charge < -0.3 is 15.2 Å². The van der Waals surface area contributed by atoms with Crippen molar-refractivity contribution < 1.29 is 0 Å². The first-order valence-electron chi connectivity index (χ1n) is 6.07. The summed E-state index contributed by atoms with van der Waals surface area (Å²) in [5.74, 6) is 0.501. The van der Waals surface area contributed by atoms with Crippen molar-refractivity contribution in [3.05, 3.63) is 51.5 Å². The lowest BCUT2D eigenvalue weighted by molar-refractivity contribution is 0.710. The van der Waals surface area contributed by atoms with E-state index in [2.05, 4.69) is 21.4 Å². The van der Waals surface area contributed by atoms with Crippen molar-refractivity contribution in [3.63, 3.8) is 0 Å². The van der Waals surface area contributed by atoms with E-state index in [1.807, 2.05) is 23.1 Å². The summed E-state index contributed by atoms with van der Waals surface area (Å²) in [6, 6.07) is 8.04. The first-order chi connectivity index (χ1) is 9.27. The van der Waals surface area contributed by atoms with Crippen LogP contribution in [0.3, 0.4) is 0 Å². The summed E-state index contributed by atoms with van der Waals surface area (Å²) >= 11 is 6.08. The molecule has 1 aliphatic rings. The maximum absolute atomic E-state index is 11.6. The standard InChI is InChI=1S/C13H13ClN4O/c14-11-12(16-8-17-13(11)19)18-6-5-15-7-9-3-1-2-4-10(9)18/h1-4,8,15H,5-7H2,(H,16,17,19). The van der Waals surface area contributed by atoms with Crippen LogP contribution in [-0.4, -0.2) is 23.1 Å². The summed E-state index contributed by atoms with van der Waals surface area (Å²) < 4.78 is 0. The molecular weight excluding hydrogens is 264 g/mol. The molecule has 0 amide bonds. The fraction of sp³-hybridized carbons (Fsp3) is 0.231. The molecule has 1 aliphatic heterocycles. The summed E-state index contributed by atoms with van der Waals surface area (Å²) in [7, 11) is 0. The lowest BCUT2D eigenvalue weighted by Gasteiger charge is -2.23. The van der Waals surface area contributed by atoms with Crippen molar-refractivity contribution in [2.75, 3.05) is 18.0 Å². The highest BCUT2D eigenvalue weighted by atomic mass is 35.5. The largest absolute Gasteiger partial charge is 0.323 e. The second-order valence-electron chi connectivity index (χ2n) is 4.33. The van der Waals surface area contributed by atoms with Crippen LogP contribution in [0.25, 0.3) is 0 Å². The van der Waals surface area contributed by atoms with E-state index in [1.54, 1.807) is 0 Å². The molecule has 0 radical (unpaired) electrons. The molecular formula is C13H13ClN4O. The van der Waals surface area contributed by atoms with Crippen molar-refractivity contribution >= 4 is 23.1 Å². The van der Waals surface area contributed by atoms with Crippen LogP contribution in [0.5, 0.6) is 0 Å². The van der Waals surface area contributed by atoms with Crippen molar-refractivity contribution in [2.45, 2.75) is 6.54 Å². The Morgan fingerprint density at radius 2 is 2.16 bits per heavy atom. The lowest BCUT2D eigenvalue weighted by atomic mass is 10.1. The molecule has 2 heterocycles. The number of rotatable bonds is 1. The third-order valence-corrected chi connectivity index (χ3v) is 3.48. The van der Waals surface area contributed by atoms with Crippen LogP contribution in [0.1, 0.15) is 5.56 Å². The number of para-hydroxylation sites is 1. The molecule has 0 bridgehead atoms. The van der Waals surface area contributed by atoms with Crippen LogP contribution in [0.2, 0.25) is 5.02 Å². The van der Waals surface area contributed by atoms with Crippen LogP contribution in [0.15, 0.2) is 35.4 Å². The smallest absolute Gasteiger partial charge is 0.271 e. The zero-order valence-corrected chi connectivity index (χ0v) is 10.9. The maximum Gasteiger partial charge on any atom is 0.271 e. The number of aromatic amines is 1. The molecule has 6 heteroatoms. The summed E-state index contributed by atoms with van der Waals surface area (Å²) in [5, 5.41) is 3.46. The van der Waals surface area contributed by atoms with E-state index in [1.165, 1.54) is 6.33 Å². The highest BCUT2D eigenvalue weighted by Crippen LogP contribution is 2.30. The number of nitrogens with one attached hydrogen (secondary N) is 2. The van der Waals surface area contributed by atoms with Gasteiger partial charge in [-0.15, -0.1) is 0 Å². The minimum absolute atomic E-state index is 0.124. The second kappa shape index (κ2) is 5.03. The number of aromatic nitrogens is 2. The van der Waals surface area contributed by atoms with Crippen molar-refractivity contribution in [3.8, 4) is 0 Å². The van der Waals surface area contributed by atoms with Gasteiger partial charge in [-0.1, -0.05) is 29.8 Å². The fourth-order valence-corrected chi connectivity index (χ4v) is 2.45. The number of nitrogens with zero attached hydrogens (tertiary/aromatic N) is 2. The maximum atomic E-state index is 11.6. The van der Waals surface area contributed by atoms with Gasteiger partial charge in [0.1, 0.15) is 5.02 Å².